The number of benzene rings is 1. The highest BCUT2D eigenvalue weighted by molar-refractivity contribution is 6.33. The Morgan fingerprint density at radius 3 is 2.68 bits per heavy atom. The van der Waals surface area contributed by atoms with E-state index in [0.29, 0.717) is 21.9 Å². The summed E-state index contributed by atoms with van der Waals surface area (Å²) in [6, 6.07) is 8.57. The van der Waals surface area contributed by atoms with E-state index in [4.69, 9.17) is 27.5 Å². The number of nitrogens with zero attached hydrogens (tertiary/aromatic N) is 1. The molecule has 0 spiro atoms. The van der Waals surface area contributed by atoms with Crippen LogP contribution in [-0.4, -0.2) is 31.3 Å². The number of carbonyl (C=O) groups excluding carboxylic acids is 1. The fourth-order valence-corrected chi connectivity index (χ4v) is 2.37. The molecule has 1 aromatic heterocycles. The van der Waals surface area contributed by atoms with Crippen molar-refractivity contribution in [2.75, 3.05) is 25.2 Å². The minimum Gasteiger partial charge on any atom is -0.497 e. The number of hydrogen-bond donors (Lipinski definition) is 4. The highest BCUT2D eigenvalue weighted by Crippen LogP contribution is 2.34. The number of carbonyl (C=O) groups is 1. The number of allylic oxidation sites excluding steroid dienone is 1. The molecule has 0 saturated carbocycles. The smallest absolute Gasteiger partial charge is 0.272 e. The Morgan fingerprint density at radius 1 is 1.32 bits per heavy atom. The van der Waals surface area contributed by atoms with Gasteiger partial charge in [0.15, 0.2) is 0 Å². The van der Waals surface area contributed by atoms with Crippen LogP contribution in [0.3, 0.4) is 0 Å². The molecule has 0 aliphatic heterocycles. The van der Waals surface area contributed by atoms with Crippen LogP contribution in [0.4, 0.5) is 11.6 Å². The third-order valence-electron chi connectivity index (χ3n) is 3.39. The van der Waals surface area contributed by atoms with E-state index in [-0.39, 0.29) is 17.3 Å². The number of nitrogens with two attached hydrogens (primary N) is 1. The molecular formula is C17H18ClN5O2. The Kier molecular flexibility index (Phi) is 5.97. The van der Waals surface area contributed by atoms with E-state index >= 15 is 0 Å². The lowest BCUT2D eigenvalue weighted by Crippen LogP contribution is -2.23. The zero-order valence-electron chi connectivity index (χ0n) is 13.8. The Balaban J connectivity index is 2.31. The summed E-state index contributed by atoms with van der Waals surface area (Å²) >= 11 is 6.23. The van der Waals surface area contributed by atoms with Gasteiger partial charge in [0.1, 0.15) is 23.1 Å². The number of nitrogens with one attached hydrogen (secondary N) is 3. The fourth-order valence-electron chi connectivity index (χ4n) is 2.15. The SMILES string of the molecule is CN/C(=C\C=N)C(=O)Nc1ccc(-c2cc(OC)ccc2Cl)c(N)n1. The molecule has 2 rings (SSSR count). The second-order valence-electron chi connectivity index (χ2n) is 4.93. The van der Waals surface area contributed by atoms with Crippen molar-refractivity contribution in [1.29, 1.82) is 5.41 Å². The minimum absolute atomic E-state index is 0.218. The van der Waals surface area contributed by atoms with Gasteiger partial charge < -0.3 is 26.5 Å². The summed E-state index contributed by atoms with van der Waals surface area (Å²) in [5.41, 5.74) is 7.57. The summed E-state index contributed by atoms with van der Waals surface area (Å²) in [7, 11) is 3.15. The predicted octanol–water partition coefficient (Wildman–Crippen LogP) is 2.68. The maximum absolute atomic E-state index is 12.1. The zero-order valence-corrected chi connectivity index (χ0v) is 14.5. The molecule has 130 valence electrons. The van der Waals surface area contributed by atoms with Crippen LogP contribution in [0.15, 0.2) is 42.1 Å². The van der Waals surface area contributed by atoms with E-state index in [2.05, 4.69) is 15.6 Å². The third kappa shape index (κ3) is 4.27. The monoisotopic (exact) mass is 359 g/mol. The molecule has 25 heavy (non-hydrogen) atoms. The standard InChI is InChI=1S/C17H18ClN5O2/c1-21-14(7-8-19)17(24)23-15-6-4-11(16(20)22-15)12-9-10(25-2)3-5-13(12)18/h3-9,19,21H,1-2H3,(H3,20,22,23,24)/b14-7-,19-8?. The number of nitrogen functional groups attached to an aromatic ring is 1. The van der Waals surface area contributed by atoms with Gasteiger partial charge in [-0.15, -0.1) is 0 Å². The van der Waals surface area contributed by atoms with E-state index < -0.39 is 5.91 Å². The first kappa shape index (κ1) is 18.3. The maximum Gasteiger partial charge on any atom is 0.272 e. The molecule has 1 heterocycles. The number of amides is 1. The number of ether oxygens (including phenoxy) is 1. The second kappa shape index (κ2) is 8.16. The molecule has 0 aliphatic rings. The number of hydrogen-bond acceptors (Lipinski definition) is 6. The van der Waals surface area contributed by atoms with E-state index in [1.54, 1.807) is 44.5 Å². The van der Waals surface area contributed by atoms with Gasteiger partial charge in [-0.2, -0.15) is 0 Å². The first-order chi connectivity index (χ1) is 12.0. The van der Waals surface area contributed by atoms with Gasteiger partial charge in [0.05, 0.1) is 7.11 Å². The Bertz CT molecular complexity index is 836. The van der Waals surface area contributed by atoms with Gasteiger partial charge in [0.25, 0.3) is 5.91 Å². The summed E-state index contributed by atoms with van der Waals surface area (Å²) in [4.78, 5) is 16.3. The number of rotatable bonds is 6. The molecule has 0 radical (unpaired) electrons. The van der Waals surface area contributed by atoms with Gasteiger partial charge in [-0.05, 0) is 36.4 Å². The molecular weight excluding hydrogens is 342 g/mol. The zero-order chi connectivity index (χ0) is 18.4. The molecule has 2 aromatic rings. The molecule has 7 nitrogen and oxygen atoms in total. The van der Waals surface area contributed by atoms with Crippen molar-refractivity contribution in [3.8, 4) is 16.9 Å². The quantitative estimate of drug-likeness (QED) is 0.468. The average Bonchev–Trinajstić information content (AvgIpc) is 2.60. The third-order valence-corrected chi connectivity index (χ3v) is 3.72. The maximum atomic E-state index is 12.1. The van der Waals surface area contributed by atoms with Crippen LogP contribution in [-0.2, 0) is 4.79 Å². The topological polar surface area (TPSA) is 113 Å². The Hall–Kier alpha value is -3.06. The molecule has 5 N–H and O–H groups in total. The molecule has 0 atom stereocenters. The highest BCUT2D eigenvalue weighted by atomic mass is 35.5. The molecule has 0 saturated heterocycles. The number of methoxy groups -OCH3 is 1. The van der Waals surface area contributed by atoms with Gasteiger partial charge in [-0.3, -0.25) is 4.79 Å². The van der Waals surface area contributed by atoms with Crippen LogP contribution in [0.25, 0.3) is 11.1 Å². The van der Waals surface area contributed by atoms with Crippen molar-refractivity contribution in [3.05, 3.63) is 47.1 Å². The molecule has 0 unspecified atom stereocenters. The normalized spacial score (nSPS) is 10.9. The molecule has 0 fully saturated rings. The van der Waals surface area contributed by atoms with Crippen LogP contribution in [0.2, 0.25) is 5.02 Å². The van der Waals surface area contributed by atoms with E-state index in [1.165, 1.54) is 6.08 Å². The lowest BCUT2D eigenvalue weighted by molar-refractivity contribution is -0.113. The van der Waals surface area contributed by atoms with Crippen molar-refractivity contribution in [1.82, 2.24) is 10.3 Å². The lowest BCUT2D eigenvalue weighted by atomic mass is 10.1. The van der Waals surface area contributed by atoms with Gasteiger partial charge in [-0.1, -0.05) is 11.6 Å². The summed E-state index contributed by atoms with van der Waals surface area (Å²) < 4.78 is 5.20. The lowest BCUT2D eigenvalue weighted by Gasteiger charge is -2.12. The first-order valence-corrected chi connectivity index (χ1v) is 7.68. The number of likely N-dealkylation sites (N-methyl/N-ethyl adjacent to an activating group) is 1. The average molecular weight is 360 g/mol. The second-order valence-corrected chi connectivity index (χ2v) is 5.33. The van der Waals surface area contributed by atoms with Gasteiger partial charge >= 0.3 is 0 Å². The largest absolute Gasteiger partial charge is 0.497 e. The van der Waals surface area contributed by atoms with E-state index in [0.717, 1.165) is 6.21 Å². The first-order valence-electron chi connectivity index (χ1n) is 7.30. The summed E-state index contributed by atoms with van der Waals surface area (Å²) in [5, 5.41) is 12.9. The van der Waals surface area contributed by atoms with Gasteiger partial charge in [-0.25, -0.2) is 4.98 Å². The summed E-state index contributed by atoms with van der Waals surface area (Å²) in [6.07, 6.45) is 2.35. The van der Waals surface area contributed by atoms with E-state index in [9.17, 15) is 4.79 Å². The van der Waals surface area contributed by atoms with Crippen molar-refractivity contribution < 1.29 is 9.53 Å². The highest BCUT2D eigenvalue weighted by Gasteiger charge is 2.13. The van der Waals surface area contributed by atoms with E-state index in [1.807, 2.05) is 0 Å². The van der Waals surface area contributed by atoms with Crippen LogP contribution in [0, 0.1) is 5.41 Å². The number of halogens is 1. The number of pyridine rings is 1. The molecule has 1 aromatic carbocycles. The summed E-state index contributed by atoms with van der Waals surface area (Å²) in [6.45, 7) is 0. The van der Waals surface area contributed by atoms with Crippen molar-refractivity contribution in [2.45, 2.75) is 0 Å². The molecule has 0 bridgehead atoms. The molecule has 1 amide bonds. The van der Waals surface area contributed by atoms with Crippen molar-refractivity contribution in [3.63, 3.8) is 0 Å². The predicted molar refractivity (Wildman–Crippen MR) is 100 cm³/mol. The van der Waals surface area contributed by atoms with Gasteiger partial charge in [0, 0.05) is 29.4 Å². The molecule has 8 heteroatoms. The van der Waals surface area contributed by atoms with Gasteiger partial charge in [0.2, 0.25) is 0 Å². The van der Waals surface area contributed by atoms with Crippen LogP contribution >= 0.6 is 11.6 Å². The van der Waals surface area contributed by atoms with Crippen molar-refractivity contribution in [2.24, 2.45) is 0 Å². The van der Waals surface area contributed by atoms with Crippen LogP contribution in [0.5, 0.6) is 5.75 Å². The minimum atomic E-state index is -0.426. The van der Waals surface area contributed by atoms with Crippen molar-refractivity contribution >= 4 is 35.4 Å². The number of anilines is 2. The molecule has 0 aliphatic carbocycles. The fraction of sp³-hybridized carbons (Fsp3) is 0.118. The Morgan fingerprint density at radius 2 is 2.08 bits per heavy atom. The van der Waals surface area contributed by atoms with Crippen LogP contribution < -0.4 is 21.1 Å². The Labute approximate surface area is 150 Å². The summed E-state index contributed by atoms with van der Waals surface area (Å²) in [5.74, 6) is 0.725. The van der Waals surface area contributed by atoms with Crippen LogP contribution in [0.1, 0.15) is 0 Å². The number of aromatic nitrogens is 1.